The van der Waals surface area contributed by atoms with E-state index in [1.54, 1.807) is 0 Å². The van der Waals surface area contributed by atoms with E-state index in [4.69, 9.17) is 4.55 Å². The predicted molar refractivity (Wildman–Crippen MR) is 38.2 cm³/mol. The number of amides is 1. The molecule has 0 rings (SSSR count). The van der Waals surface area contributed by atoms with Gasteiger partial charge in [0.05, 0.1) is 5.75 Å². The van der Waals surface area contributed by atoms with E-state index in [9.17, 15) is 13.2 Å². The maximum Gasteiger partial charge on any atom is 0.265 e. The Labute approximate surface area is 64.1 Å². The molecule has 0 fully saturated rings. The van der Waals surface area contributed by atoms with E-state index in [0.29, 0.717) is 0 Å². The molecule has 0 radical (unpaired) electrons. The van der Waals surface area contributed by atoms with E-state index in [0.717, 1.165) is 0 Å². The molecule has 10 heavy (non-hydrogen) atoms. The lowest BCUT2D eigenvalue weighted by molar-refractivity contribution is -0.118. The second-order valence-corrected chi connectivity index (χ2v) is 3.37. The van der Waals surface area contributed by atoms with Gasteiger partial charge in [0.2, 0.25) is 5.91 Å². The van der Waals surface area contributed by atoms with Crippen LogP contribution in [0.2, 0.25) is 0 Å². The molecule has 2 N–H and O–H groups in total. The molecule has 0 aliphatic carbocycles. The van der Waals surface area contributed by atoms with Gasteiger partial charge >= 0.3 is 0 Å². The van der Waals surface area contributed by atoms with Crippen LogP contribution in [0.4, 0.5) is 0 Å². The summed E-state index contributed by atoms with van der Waals surface area (Å²) in [5.41, 5.74) is 0. The molecule has 0 heterocycles. The lowest BCUT2D eigenvalue weighted by atomic mass is 10.5. The summed E-state index contributed by atoms with van der Waals surface area (Å²) in [5.74, 6) is -1.11. The Bertz CT molecular complexity index is 209. The van der Waals surface area contributed by atoms with Crippen LogP contribution in [0.15, 0.2) is 0 Å². The summed E-state index contributed by atoms with van der Waals surface area (Å²) in [4.78, 5) is 10.3. The molecule has 60 valence electrons. The highest BCUT2D eigenvalue weighted by atomic mass is 32.2. The first-order valence-electron chi connectivity index (χ1n) is 2.34. The number of nitrogens with one attached hydrogen (secondary N) is 1. The molecule has 0 saturated carbocycles. The predicted octanol–water partition coefficient (Wildman–Crippen LogP) is -0.775. The summed E-state index contributed by atoms with van der Waals surface area (Å²) < 4.78 is 30.1. The van der Waals surface area contributed by atoms with Crippen molar-refractivity contribution < 1.29 is 17.8 Å². The Morgan fingerprint density at radius 2 is 2.10 bits per heavy atom. The monoisotopic (exact) mass is 185 g/mol. The fraction of sp³-hybridized carbons (Fsp3) is 0.667. The molecule has 0 unspecified atom stereocenters. The van der Waals surface area contributed by atoms with Gasteiger partial charge in [0.15, 0.2) is 0 Å². The van der Waals surface area contributed by atoms with E-state index in [2.05, 4.69) is 12.8 Å². The maximum absolute atomic E-state index is 10.3. The Hall–Kier alpha value is -0.270. The third-order valence-electron chi connectivity index (χ3n) is 0.712. The third-order valence-corrected chi connectivity index (χ3v) is 1.68. The molecule has 5 nitrogen and oxygen atoms in total. The molecular formula is C3H7NO4S2. The molecule has 0 aromatic rings. The summed E-state index contributed by atoms with van der Waals surface area (Å²) in [7, 11) is -4.02. The summed E-state index contributed by atoms with van der Waals surface area (Å²) >= 11 is 3.37. The highest BCUT2D eigenvalue weighted by molar-refractivity contribution is 7.85. The second kappa shape index (κ2) is 3.79. The van der Waals surface area contributed by atoms with Gasteiger partial charge in [0.1, 0.15) is 0 Å². The second-order valence-electron chi connectivity index (χ2n) is 1.57. The zero-order valence-corrected chi connectivity index (χ0v) is 6.65. The van der Waals surface area contributed by atoms with Gasteiger partial charge in [0, 0.05) is 6.42 Å². The molecule has 0 bridgehead atoms. The first-order chi connectivity index (χ1) is 4.45. The number of carbonyl (C=O) groups excluding carboxylic acids is 1. The van der Waals surface area contributed by atoms with E-state index in [-0.39, 0.29) is 6.42 Å². The molecule has 0 aromatic carbocycles. The summed E-state index contributed by atoms with van der Waals surface area (Å²) in [6.45, 7) is 0. The first-order valence-corrected chi connectivity index (χ1v) is 4.39. The highest BCUT2D eigenvalue weighted by Gasteiger charge is 2.07. The standard InChI is InChI=1S/C3H7NO4S2/c5-3(4-9)1-2-10(6,7)8/h9H,1-2H2,(H,4,5)(H,6,7,8). The van der Waals surface area contributed by atoms with Crippen LogP contribution in [0, 0.1) is 0 Å². The highest BCUT2D eigenvalue weighted by Crippen LogP contribution is 1.87. The number of thiol groups is 1. The number of hydrogen-bond donors (Lipinski definition) is 3. The molecule has 0 aliphatic heterocycles. The Morgan fingerprint density at radius 3 is 2.40 bits per heavy atom. The minimum atomic E-state index is -4.02. The summed E-state index contributed by atoms with van der Waals surface area (Å²) in [5, 5.41) is 0. The number of hydrogen-bond acceptors (Lipinski definition) is 4. The van der Waals surface area contributed by atoms with Crippen molar-refractivity contribution in [1.29, 1.82) is 0 Å². The zero-order valence-electron chi connectivity index (χ0n) is 4.94. The van der Waals surface area contributed by atoms with Gasteiger partial charge in [-0.1, -0.05) is 12.8 Å². The van der Waals surface area contributed by atoms with Crippen molar-refractivity contribution >= 4 is 28.8 Å². The van der Waals surface area contributed by atoms with Crippen molar-refractivity contribution in [3.05, 3.63) is 0 Å². The quantitative estimate of drug-likeness (QED) is 0.398. The van der Waals surface area contributed by atoms with E-state index >= 15 is 0 Å². The van der Waals surface area contributed by atoms with Crippen LogP contribution in [0.5, 0.6) is 0 Å². The van der Waals surface area contributed by atoms with Gasteiger partial charge in [-0.05, 0) is 0 Å². The number of rotatable bonds is 3. The van der Waals surface area contributed by atoms with Crippen molar-refractivity contribution in [2.45, 2.75) is 6.42 Å². The van der Waals surface area contributed by atoms with Gasteiger partial charge < -0.3 is 4.72 Å². The van der Waals surface area contributed by atoms with Crippen LogP contribution in [0.1, 0.15) is 6.42 Å². The first kappa shape index (κ1) is 9.73. The molecule has 0 spiro atoms. The molecule has 7 heteroatoms. The lowest BCUT2D eigenvalue weighted by Crippen LogP contribution is -2.17. The van der Waals surface area contributed by atoms with Gasteiger partial charge in [-0.2, -0.15) is 8.42 Å². The molecular weight excluding hydrogens is 178 g/mol. The van der Waals surface area contributed by atoms with Crippen molar-refractivity contribution in [2.75, 3.05) is 5.75 Å². The Kier molecular flexibility index (Phi) is 3.69. The maximum atomic E-state index is 10.3. The van der Waals surface area contributed by atoms with Crippen LogP contribution < -0.4 is 4.72 Å². The van der Waals surface area contributed by atoms with Crippen molar-refractivity contribution in [2.24, 2.45) is 0 Å². The Morgan fingerprint density at radius 1 is 1.60 bits per heavy atom. The van der Waals surface area contributed by atoms with Gasteiger partial charge in [-0.15, -0.1) is 0 Å². The SMILES string of the molecule is O=C(CCS(=O)(=O)O)NS. The molecule has 0 aromatic heterocycles. The largest absolute Gasteiger partial charge is 0.303 e. The van der Waals surface area contributed by atoms with Gasteiger partial charge in [-0.3, -0.25) is 9.35 Å². The normalized spacial score (nSPS) is 11.0. The van der Waals surface area contributed by atoms with Gasteiger partial charge in [-0.25, -0.2) is 0 Å². The lowest BCUT2D eigenvalue weighted by Gasteiger charge is -1.94. The topological polar surface area (TPSA) is 83.5 Å². The average Bonchev–Trinajstić information content (AvgIpc) is 1.81. The van der Waals surface area contributed by atoms with E-state index in [1.807, 2.05) is 4.72 Å². The summed E-state index contributed by atoms with van der Waals surface area (Å²) in [6.07, 6.45) is -0.275. The van der Waals surface area contributed by atoms with Crippen molar-refractivity contribution in [3.63, 3.8) is 0 Å². The third kappa shape index (κ3) is 5.86. The van der Waals surface area contributed by atoms with Crippen LogP contribution in [-0.2, 0) is 14.9 Å². The van der Waals surface area contributed by atoms with Crippen LogP contribution in [0.25, 0.3) is 0 Å². The fourth-order valence-electron chi connectivity index (χ4n) is 0.278. The van der Waals surface area contributed by atoms with Crippen LogP contribution in [0.3, 0.4) is 0 Å². The van der Waals surface area contributed by atoms with E-state index < -0.39 is 21.8 Å². The summed E-state index contributed by atoms with van der Waals surface area (Å²) in [6, 6.07) is 0. The number of carbonyl (C=O) groups is 1. The van der Waals surface area contributed by atoms with Gasteiger partial charge in [0.25, 0.3) is 10.1 Å². The van der Waals surface area contributed by atoms with Crippen molar-refractivity contribution in [3.8, 4) is 0 Å². The smallest absolute Gasteiger partial charge is 0.265 e. The molecule has 0 atom stereocenters. The molecule has 1 amide bonds. The molecule has 0 aliphatic rings. The molecule has 0 saturated heterocycles. The van der Waals surface area contributed by atoms with Crippen LogP contribution >= 0.6 is 12.8 Å². The Balaban J connectivity index is 3.67. The zero-order chi connectivity index (χ0) is 8.20. The van der Waals surface area contributed by atoms with Crippen LogP contribution in [-0.4, -0.2) is 24.6 Å². The average molecular weight is 185 g/mol. The minimum Gasteiger partial charge on any atom is -0.303 e. The van der Waals surface area contributed by atoms with Crippen molar-refractivity contribution in [1.82, 2.24) is 4.72 Å². The minimum absolute atomic E-state index is 0.275. The van der Waals surface area contributed by atoms with E-state index in [1.165, 1.54) is 0 Å². The fourth-order valence-corrected chi connectivity index (χ4v) is 0.833.